The van der Waals surface area contributed by atoms with Crippen LogP contribution < -0.4 is 29.0 Å². The number of benzene rings is 4. The molecule has 4 rings (SSSR count). The Morgan fingerprint density at radius 2 is 1.58 bits per heavy atom. The molecule has 0 bridgehead atoms. The largest absolute Gasteiger partial charge is 0.497 e. The molecule has 4 aromatic carbocycles. The lowest BCUT2D eigenvalue weighted by molar-refractivity contribution is -0.112. The standard InChI is InChI=1S/C34H31ClN2O6/c1-4-41-31-18-24(10-15-30(31)42-21-23-8-6-5-7-9-23)22-43-33-29(35)17-25(19-32(33)40-3)16-26(20-36)34(38)37-27-11-13-28(39-2)14-12-27/h5-19H,4,21-22H2,1-3H3,(H,37,38)/b26-16-. The molecule has 0 saturated heterocycles. The van der Waals surface area contributed by atoms with E-state index in [1.807, 2.05) is 61.5 Å². The second-order valence-corrected chi connectivity index (χ2v) is 9.57. The Morgan fingerprint density at radius 3 is 2.26 bits per heavy atom. The van der Waals surface area contributed by atoms with Gasteiger partial charge in [0.05, 0.1) is 25.8 Å². The van der Waals surface area contributed by atoms with Crippen molar-refractivity contribution in [2.45, 2.75) is 20.1 Å². The van der Waals surface area contributed by atoms with Crippen LogP contribution >= 0.6 is 11.6 Å². The minimum Gasteiger partial charge on any atom is -0.497 e. The van der Waals surface area contributed by atoms with Crippen molar-refractivity contribution in [1.82, 2.24) is 0 Å². The summed E-state index contributed by atoms with van der Waals surface area (Å²) in [6.45, 7) is 2.98. The van der Waals surface area contributed by atoms with Crippen LogP contribution in [0.25, 0.3) is 6.08 Å². The number of rotatable bonds is 13. The number of nitrogens with zero attached hydrogens (tertiary/aromatic N) is 1. The summed E-state index contributed by atoms with van der Waals surface area (Å²) in [5.74, 6) is 1.99. The summed E-state index contributed by atoms with van der Waals surface area (Å²) in [5, 5.41) is 12.6. The van der Waals surface area contributed by atoms with Crippen LogP contribution in [0.4, 0.5) is 5.69 Å². The van der Waals surface area contributed by atoms with Crippen LogP contribution in [0.3, 0.4) is 0 Å². The first-order chi connectivity index (χ1) is 20.9. The van der Waals surface area contributed by atoms with Gasteiger partial charge in [-0.05, 0) is 78.2 Å². The van der Waals surface area contributed by atoms with Gasteiger partial charge in [-0.3, -0.25) is 4.79 Å². The first kappa shape index (κ1) is 30.8. The summed E-state index contributed by atoms with van der Waals surface area (Å²) in [6, 6.07) is 27.5. The molecular formula is C34H31ClN2O6. The summed E-state index contributed by atoms with van der Waals surface area (Å²) >= 11 is 6.58. The van der Waals surface area contributed by atoms with Crippen molar-refractivity contribution < 1.29 is 28.5 Å². The van der Waals surface area contributed by atoms with E-state index in [0.717, 1.165) is 11.1 Å². The zero-order chi connectivity index (χ0) is 30.6. The van der Waals surface area contributed by atoms with E-state index in [9.17, 15) is 10.1 Å². The lowest BCUT2D eigenvalue weighted by atomic mass is 10.1. The van der Waals surface area contributed by atoms with Crippen molar-refractivity contribution in [3.63, 3.8) is 0 Å². The molecule has 1 amide bonds. The predicted molar refractivity (Wildman–Crippen MR) is 166 cm³/mol. The van der Waals surface area contributed by atoms with Gasteiger partial charge in [0.1, 0.15) is 30.6 Å². The summed E-state index contributed by atoms with van der Waals surface area (Å²) in [5.41, 5.74) is 2.79. The summed E-state index contributed by atoms with van der Waals surface area (Å²) in [6.07, 6.45) is 1.43. The highest BCUT2D eigenvalue weighted by Gasteiger charge is 2.16. The summed E-state index contributed by atoms with van der Waals surface area (Å²) in [7, 11) is 3.04. The van der Waals surface area contributed by atoms with E-state index >= 15 is 0 Å². The van der Waals surface area contributed by atoms with Gasteiger partial charge in [0.15, 0.2) is 23.0 Å². The van der Waals surface area contributed by atoms with Crippen molar-refractivity contribution in [2.75, 3.05) is 26.1 Å². The Bertz CT molecular complexity index is 1610. The molecule has 0 aliphatic carbocycles. The first-order valence-corrected chi connectivity index (χ1v) is 13.8. The van der Waals surface area contributed by atoms with E-state index in [0.29, 0.717) is 53.2 Å². The fourth-order valence-corrected chi connectivity index (χ4v) is 4.35. The Hall–Kier alpha value is -5.13. The van der Waals surface area contributed by atoms with Gasteiger partial charge in [0, 0.05) is 5.69 Å². The fraction of sp³-hybridized carbons (Fsp3) is 0.176. The number of nitrogens with one attached hydrogen (secondary N) is 1. The van der Waals surface area contributed by atoms with Crippen LogP contribution in [0.1, 0.15) is 23.6 Å². The number of hydrogen-bond acceptors (Lipinski definition) is 7. The Labute approximate surface area is 256 Å². The van der Waals surface area contributed by atoms with Crippen LogP contribution in [0.15, 0.2) is 90.5 Å². The average Bonchev–Trinajstić information content (AvgIpc) is 3.03. The predicted octanol–water partition coefficient (Wildman–Crippen LogP) is 7.46. The number of carbonyl (C=O) groups excluding carboxylic acids is 1. The first-order valence-electron chi connectivity index (χ1n) is 13.4. The van der Waals surface area contributed by atoms with Gasteiger partial charge in [-0.15, -0.1) is 0 Å². The third-order valence-corrected chi connectivity index (χ3v) is 6.48. The van der Waals surface area contributed by atoms with Crippen LogP contribution in [0, 0.1) is 11.3 Å². The normalized spacial score (nSPS) is 10.8. The number of hydrogen-bond donors (Lipinski definition) is 1. The average molecular weight is 599 g/mol. The molecule has 4 aromatic rings. The number of amides is 1. The topological polar surface area (TPSA) is 99.0 Å². The molecule has 0 aromatic heterocycles. The molecule has 1 N–H and O–H groups in total. The van der Waals surface area contributed by atoms with Crippen molar-refractivity contribution in [1.29, 1.82) is 5.26 Å². The van der Waals surface area contributed by atoms with Crippen molar-refractivity contribution in [3.8, 4) is 34.8 Å². The molecule has 8 nitrogen and oxygen atoms in total. The number of methoxy groups -OCH3 is 2. The lowest BCUT2D eigenvalue weighted by Gasteiger charge is -2.16. The second-order valence-electron chi connectivity index (χ2n) is 9.16. The molecule has 0 aliphatic rings. The second kappa shape index (κ2) is 15.2. The van der Waals surface area contributed by atoms with Crippen LogP contribution in [-0.2, 0) is 18.0 Å². The van der Waals surface area contributed by atoms with Crippen molar-refractivity contribution in [2.24, 2.45) is 0 Å². The van der Waals surface area contributed by atoms with Crippen LogP contribution in [0.5, 0.6) is 28.7 Å². The molecule has 0 fully saturated rings. The lowest BCUT2D eigenvalue weighted by Crippen LogP contribution is -2.13. The number of carbonyl (C=O) groups is 1. The zero-order valence-corrected chi connectivity index (χ0v) is 24.8. The molecule has 0 aliphatic heterocycles. The highest BCUT2D eigenvalue weighted by molar-refractivity contribution is 6.32. The van der Waals surface area contributed by atoms with Gasteiger partial charge >= 0.3 is 0 Å². The number of halogens is 1. The maximum absolute atomic E-state index is 12.7. The van der Waals surface area contributed by atoms with E-state index in [1.54, 1.807) is 43.5 Å². The molecule has 0 spiro atoms. The zero-order valence-electron chi connectivity index (χ0n) is 24.1. The summed E-state index contributed by atoms with van der Waals surface area (Å²) < 4.78 is 28.5. The highest BCUT2D eigenvalue weighted by atomic mass is 35.5. The minimum absolute atomic E-state index is 0.111. The third-order valence-electron chi connectivity index (χ3n) is 6.20. The maximum atomic E-state index is 12.7. The van der Waals surface area contributed by atoms with Crippen LogP contribution in [0.2, 0.25) is 5.02 Å². The maximum Gasteiger partial charge on any atom is 0.266 e. The molecule has 43 heavy (non-hydrogen) atoms. The van der Waals surface area contributed by atoms with Gasteiger partial charge in [-0.25, -0.2) is 0 Å². The number of anilines is 1. The van der Waals surface area contributed by atoms with Gasteiger partial charge in [-0.1, -0.05) is 48.0 Å². The van der Waals surface area contributed by atoms with E-state index in [-0.39, 0.29) is 17.2 Å². The number of ether oxygens (including phenoxy) is 5. The molecule has 0 saturated carbocycles. The Morgan fingerprint density at radius 1 is 0.837 bits per heavy atom. The Kier molecular flexibility index (Phi) is 10.9. The van der Waals surface area contributed by atoms with Gasteiger partial charge < -0.3 is 29.0 Å². The third kappa shape index (κ3) is 8.44. The Balaban J connectivity index is 1.47. The quantitative estimate of drug-likeness (QED) is 0.126. The summed E-state index contributed by atoms with van der Waals surface area (Å²) in [4.78, 5) is 12.7. The van der Waals surface area contributed by atoms with Gasteiger partial charge in [0.25, 0.3) is 5.91 Å². The number of nitriles is 1. The SMILES string of the molecule is CCOc1cc(COc2c(Cl)cc(/C=C(/C#N)C(=O)Nc3ccc(OC)cc3)cc2OC)ccc1OCc1ccccc1. The van der Waals surface area contributed by atoms with Crippen molar-refractivity contribution >= 4 is 29.3 Å². The molecular weight excluding hydrogens is 568 g/mol. The van der Waals surface area contributed by atoms with Crippen LogP contribution in [-0.4, -0.2) is 26.7 Å². The van der Waals surface area contributed by atoms with E-state index < -0.39 is 5.91 Å². The van der Waals surface area contributed by atoms with Gasteiger partial charge in [-0.2, -0.15) is 5.26 Å². The van der Waals surface area contributed by atoms with Gasteiger partial charge in [0.2, 0.25) is 0 Å². The molecule has 0 heterocycles. The molecule has 220 valence electrons. The molecule has 0 atom stereocenters. The van der Waals surface area contributed by atoms with E-state index in [1.165, 1.54) is 13.2 Å². The van der Waals surface area contributed by atoms with E-state index in [2.05, 4.69) is 5.32 Å². The van der Waals surface area contributed by atoms with Crippen molar-refractivity contribution in [3.05, 3.63) is 112 Å². The smallest absolute Gasteiger partial charge is 0.266 e. The monoisotopic (exact) mass is 598 g/mol. The van der Waals surface area contributed by atoms with E-state index in [4.69, 9.17) is 35.3 Å². The highest BCUT2D eigenvalue weighted by Crippen LogP contribution is 2.38. The fourth-order valence-electron chi connectivity index (χ4n) is 4.07. The molecule has 9 heteroatoms. The molecule has 0 unspecified atom stereocenters. The minimum atomic E-state index is -0.565. The molecule has 0 radical (unpaired) electrons.